The van der Waals surface area contributed by atoms with Gasteiger partial charge in [0.15, 0.2) is 0 Å². The highest BCUT2D eigenvalue weighted by molar-refractivity contribution is 5.77. The molecule has 0 atom stereocenters. The Kier molecular flexibility index (Phi) is 5.72. The molecule has 153 valence electrons. The molecule has 3 aromatic heterocycles. The average molecular weight is 408 g/mol. The van der Waals surface area contributed by atoms with Crippen LogP contribution in [0.15, 0.2) is 55.1 Å². The number of rotatable bonds is 6. The lowest BCUT2D eigenvalue weighted by Crippen LogP contribution is -2.04. The van der Waals surface area contributed by atoms with Crippen molar-refractivity contribution in [3.05, 3.63) is 72.4 Å². The quantitative estimate of drug-likeness (QED) is 0.498. The van der Waals surface area contributed by atoms with Crippen molar-refractivity contribution in [1.29, 1.82) is 5.26 Å². The van der Waals surface area contributed by atoms with Gasteiger partial charge in [0, 0.05) is 25.0 Å². The van der Waals surface area contributed by atoms with Gasteiger partial charge in [-0.25, -0.2) is 4.98 Å². The second-order valence-electron chi connectivity index (χ2n) is 7.49. The Morgan fingerprint density at radius 3 is 2.74 bits per heavy atom. The van der Waals surface area contributed by atoms with E-state index in [0.717, 1.165) is 39.5 Å². The zero-order chi connectivity index (χ0) is 21.8. The molecule has 4 aromatic rings. The van der Waals surface area contributed by atoms with E-state index in [1.54, 1.807) is 23.3 Å². The van der Waals surface area contributed by atoms with Crippen LogP contribution in [-0.4, -0.2) is 24.7 Å². The fraction of sp³-hybridized carbons (Fsp3) is 0.208. The first kappa shape index (κ1) is 20.2. The van der Waals surface area contributed by atoms with Gasteiger partial charge in [-0.2, -0.15) is 10.4 Å². The van der Waals surface area contributed by atoms with E-state index in [1.165, 1.54) is 0 Å². The summed E-state index contributed by atoms with van der Waals surface area (Å²) in [6.07, 6.45) is 7.41. The van der Waals surface area contributed by atoms with Gasteiger partial charge in [0.05, 0.1) is 41.8 Å². The van der Waals surface area contributed by atoms with Crippen LogP contribution in [-0.2, 0) is 13.5 Å². The monoisotopic (exact) mass is 408 g/mol. The van der Waals surface area contributed by atoms with E-state index in [0.29, 0.717) is 12.2 Å². The molecule has 0 amide bonds. The highest BCUT2D eigenvalue weighted by atomic mass is 15.3. The fourth-order valence-corrected chi connectivity index (χ4v) is 3.30. The maximum Gasteiger partial charge on any atom is 0.150 e. The van der Waals surface area contributed by atoms with Gasteiger partial charge in [0.1, 0.15) is 11.6 Å². The summed E-state index contributed by atoms with van der Waals surface area (Å²) in [6.45, 7) is 4.17. The van der Waals surface area contributed by atoms with Gasteiger partial charge in [-0.3, -0.25) is 14.6 Å². The second-order valence-corrected chi connectivity index (χ2v) is 7.49. The lowest BCUT2D eigenvalue weighted by molar-refractivity contribution is 0.774. The number of nitriles is 1. The molecule has 0 saturated heterocycles. The first-order chi connectivity index (χ1) is 15.1. The maximum absolute atomic E-state index is 9.08. The van der Waals surface area contributed by atoms with Crippen LogP contribution in [0.25, 0.3) is 22.4 Å². The topological polar surface area (TPSA) is 92.3 Å². The molecule has 3 heterocycles. The van der Waals surface area contributed by atoms with Crippen molar-refractivity contribution in [2.75, 3.05) is 5.32 Å². The summed E-state index contributed by atoms with van der Waals surface area (Å²) in [4.78, 5) is 13.6. The van der Waals surface area contributed by atoms with Gasteiger partial charge >= 0.3 is 0 Å². The molecule has 1 radical (unpaired) electrons. The van der Waals surface area contributed by atoms with Crippen molar-refractivity contribution in [1.82, 2.24) is 24.7 Å². The van der Waals surface area contributed by atoms with Crippen molar-refractivity contribution in [2.24, 2.45) is 7.05 Å². The fourth-order valence-electron chi connectivity index (χ4n) is 3.30. The third-order valence-corrected chi connectivity index (χ3v) is 5.00. The Balaban J connectivity index is 1.65. The van der Waals surface area contributed by atoms with Crippen molar-refractivity contribution < 1.29 is 0 Å². The van der Waals surface area contributed by atoms with Crippen molar-refractivity contribution in [3.63, 3.8) is 0 Å². The zero-order valence-corrected chi connectivity index (χ0v) is 17.7. The van der Waals surface area contributed by atoms with Crippen LogP contribution in [0.2, 0.25) is 0 Å². The van der Waals surface area contributed by atoms with E-state index >= 15 is 0 Å². The molecule has 0 aliphatic rings. The lowest BCUT2D eigenvalue weighted by Gasteiger charge is -2.11. The third-order valence-electron chi connectivity index (χ3n) is 5.00. The van der Waals surface area contributed by atoms with Crippen LogP contribution in [0.1, 0.15) is 31.0 Å². The Bertz CT molecular complexity index is 1230. The normalized spacial score (nSPS) is 10.8. The summed E-state index contributed by atoms with van der Waals surface area (Å²) in [5.41, 5.74) is 5.46. The number of hydrogen-bond acceptors (Lipinski definition) is 6. The van der Waals surface area contributed by atoms with Gasteiger partial charge in [-0.15, -0.1) is 0 Å². The molecule has 0 spiro atoms. The molecule has 31 heavy (non-hydrogen) atoms. The minimum atomic E-state index is 0.288. The summed E-state index contributed by atoms with van der Waals surface area (Å²) in [5, 5.41) is 16.8. The van der Waals surface area contributed by atoms with Gasteiger partial charge in [0.2, 0.25) is 0 Å². The Labute approximate surface area is 181 Å². The molecule has 1 aromatic carbocycles. The van der Waals surface area contributed by atoms with Gasteiger partial charge in [0.25, 0.3) is 0 Å². The van der Waals surface area contributed by atoms with E-state index in [-0.39, 0.29) is 5.92 Å². The second kappa shape index (κ2) is 8.76. The van der Waals surface area contributed by atoms with E-state index in [9.17, 15) is 0 Å². The van der Waals surface area contributed by atoms with Crippen LogP contribution in [0.4, 0.5) is 11.6 Å². The number of nitrogens with one attached hydrogen (secondary N) is 1. The Morgan fingerprint density at radius 1 is 1.13 bits per heavy atom. The smallest absolute Gasteiger partial charge is 0.150 e. The lowest BCUT2D eigenvalue weighted by atomic mass is 9.99. The van der Waals surface area contributed by atoms with Crippen molar-refractivity contribution in [2.45, 2.75) is 26.2 Å². The molecule has 7 nitrogen and oxygen atoms in total. The van der Waals surface area contributed by atoms with Crippen LogP contribution < -0.4 is 5.32 Å². The number of hydrogen-bond donors (Lipinski definition) is 1. The predicted octanol–water partition coefficient (Wildman–Crippen LogP) is 4.67. The van der Waals surface area contributed by atoms with Crippen molar-refractivity contribution >= 4 is 11.6 Å². The first-order valence-electron chi connectivity index (χ1n) is 10.0. The Morgan fingerprint density at radius 2 is 2.00 bits per heavy atom. The molecule has 0 aliphatic carbocycles. The number of pyridine rings is 1. The van der Waals surface area contributed by atoms with E-state index in [2.05, 4.69) is 51.4 Å². The molecule has 0 bridgehead atoms. The van der Waals surface area contributed by atoms with E-state index in [4.69, 9.17) is 5.26 Å². The first-order valence-corrected chi connectivity index (χ1v) is 10.0. The minimum Gasteiger partial charge on any atom is -0.323 e. The van der Waals surface area contributed by atoms with Gasteiger partial charge in [-0.05, 0) is 35.2 Å². The number of nitrogens with zero attached hydrogens (tertiary/aromatic N) is 6. The van der Waals surface area contributed by atoms with Crippen LogP contribution in [0, 0.1) is 17.4 Å². The summed E-state index contributed by atoms with van der Waals surface area (Å²) < 4.78 is 1.76. The molecule has 0 saturated carbocycles. The molecule has 7 heteroatoms. The van der Waals surface area contributed by atoms with E-state index < -0.39 is 0 Å². The molecular weight excluding hydrogens is 386 g/mol. The standard InChI is InChI=1S/C24H22N7/c1-16(2)22-14-26-15-23(29-22)30-24-20(13-28-31(24)3)21-9-8-18(12-27-21)19-7-5-4-6-17(19)10-11-25/h5-9,12-16H,10H2,1-3H3,(H,29,30). The number of anilines is 2. The zero-order valence-electron chi connectivity index (χ0n) is 17.7. The summed E-state index contributed by atoms with van der Waals surface area (Å²) >= 11 is 0. The molecule has 0 aliphatic heterocycles. The predicted molar refractivity (Wildman–Crippen MR) is 119 cm³/mol. The van der Waals surface area contributed by atoms with Crippen LogP contribution in [0.5, 0.6) is 0 Å². The van der Waals surface area contributed by atoms with Crippen LogP contribution >= 0.6 is 0 Å². The third kappa shape index (κ3) is 4.28. The SMILES string of the molecule is CC(C)c1cncc(Nc2c(-c3ccc(-c4cc[c]cc4CC#N)cn3)cnn2C)n1. The van der Waals surface area contributed by atoms with Crippen molar-refractivity contribution in [3.8, 4) is 28.5 Å². The molecular formula is C24H22N7. The average Bonchev–Trinajstić information content (AvgIpc) is 3.15. The Hall–Kier alpha value is -4.05. The van der Waals surface area contributed by atoms with Gasteiger partial charge in [-0.1, -0.05) is 32.0 Å². The number of aryl methyl sites for hydroxylation is 1. The molecule has 0 unspecified atom stereocenters. The van der Waals surface area contributed by atoms with Gasteiger partial charge < -0.3 is 5.32 Å². The summed E-state index contributed by atoms with van der Waals surface area (Å²) in [5.74, 6) is 1.74. The molecule has 1 N–H and O–H groups in total. The summed E-state index contributed by atoms with van der Waals surface area (Å²) in [6, 6.07) is 14.9. The van der Waals surface area contributed by atoms with Crippen LogP contribution in [0.3, 0.4) is 0 Å². The highest BCUT2D eigenvalue weighted by Crippen LogP contribution is 2.30. The molecule has 0 fully saturated rings. The largest absolute Gasteiger partial charge is 0.323 e. The minimum absolute atomic E-state index is 0.288. The summed E-state index contributed by atoms with van der Waals surface area (Å²) in [7, 11) is 1.87. The number of benzene rings is 1. The van der Waals surface area contributed by atoms with E-state index in [1.807, 2.05) is 43.6 Å². The molecule has 4 rings (SSSR count). The number of aromatic nitrogens is 5. The maximum atomic E-state index is 9.08. The highest BCUT2D eigenvalue weighted by Gasteiger charge is 2.14.